The molecule has 2 rings (SSSR count). The molecule has 0 aliphatic heterocycles. The average molecular weight is 339 g/mol. The minimum atomic E-state index is -0.370. The first-order valence-electron chi connectivity index (χ1n) is 6.26. The topological polar surface area (TPSA) is 65.2 Å². The van der Waals surface area contributed by atoms with Crippen LogP contribution in [-0.2, 0) is 16.0 Å². The molecule has 0 aliphatic carbocycles. The standard InChI is InChI=1S/C14H15BrN2O3/c1-4-19-12(18)7-11-16-14(17-20-11)10-5-8(2)13(15)9(3)6-10/h5-6H,4,7H2,1-3H3. The minimum absolute atomic E-state index is 0.00463. The zero-order valence-corrected chi connectivity index (χ0v) is 13.2. The Morgan fingerprint density at radius 3 is 2.60 bits per heavy atom. The van der Waals surface area contributed by atoms with Crippen LogP contribution < -0.4 is 0 Å². The molecule has 1 heterocycles. The molecule has 5 nitrogen and oxygen atoms in total. The van der Waals surface area contributed by atoms with Gasteiger partial charge in [-0.2, -0.15) is 4.98 Å². The summed E-state index contributed by atoms with van der Waals surface area (Å²) in [5.41, 5.74) is 3.05. The van der Waals surface area contributed by atoms with Crippen molar-refractivity contribution in [3.8, 4) is 11.4 Å². The van der Waals surface area contributed by atoms with Crippen LogP contribution in [0.2, 0.25) is 0 Å². The maximum absolute atomic E-state index is 11.4. The Kier molecular flexibility index (Phi) is 4.54. The van der Waals surface area contributed by atoms with Crippen molar-refractivity contribution >= 4 is 21.9 Å². The van der Waals surface area contributed by atoms with Gasteiger partial charge in [0.2, 0.25) is 11.7 Å². The van der Waals surface area contributed by atoms with Crippen LogP contribution in [0.15, 0.2) is 21.1 Å². The normalized spacial score (nSPS) is 10.6. The summed E-state index contributed by atoms with van der Waals surface area (Å²) < 4.78 is 11.0. The molecule has 0 amide bonds. The van der Waals surface area contributed by atoms with Crippen LogP contribution in [0.25, 0.3) is 11.4 Å². The van der Waals surface area contributed by atoms with Crippen LogP contribution in [-0.4, -0.2) is 22.7 Å². The molecule has 2 aromatic rings. The highest BCUT2D eigenvalue weighted by Gasteiger charge is 2.14. The zero-order chi connectivity index (χ0) is 14.7. The molecule has 0 unspecified atom stereocenters. The maximum atomic E-state index is 11.4. The van der Waals surface area contributed by atoms with Crippen LogP contribution >= 0.6 is 15.9 Å². The SMILES string of the molecule is CCOC(=O)Cc1nc(-c2cc(C)c(Br)c(C)c2)no1. The van der Waals surface area contributed by atoms with Gasteiger partial charge < -0.3 is 9.26 Å². The summed E-state index contributed by atoms with van der Waals surface area (Å²) in [7, 11) is 0. The van der Waals surface area contributed by atoms with Crippen molar-refractivity contribution in [2.45, 2.75) is 27.2 Å². The van der Waals surface area contributed by atoms with Crippen molar-refractivity contribution in [1.82, 2.24) is 10.1 Å². The lowest BCUT2D eigenvalue weighted by molar-refractivity contribution is -0.142. The van der Waals surface area contributed by atoms with Crippen LogP contribution in [0.3, 0.4) is 0 Å². The smallest absolute Gasteiger partial charge is 0.315 e. The van der Waals surface area contributed by atoms with Crippen molar-refractivity contribution in [2.75, 3.05) is 6.61 Å². The first-order valence-corrected chi connectivity index (χ1v) is 7.06. The fourth-order valence-corrected chi connectivity index (χ4v) is 2.08. The van der Waals surface area contributed by atoms with E-state index in [2.05, 4.69) is 26.1 Å². The summed E-state index contributed by atoms with van der Waals surface area (Å²) in [5, 5.41) is 3.90. The number of hydrogen-bond acceptors (Lipinski definition) is 5. The van der Waals surface area contributed by atoms with Crippen LogP contribution in [0.4, 0.5) is 0 Å². The molecule has 1 aromatic carbocycles. The van der Waals surface area contributed by atoms with Crippen molar-refractivity contribution in [2.24, 2.45) is 0 Å². The molecule has 0 aliphatic rings. The number of halogens is 1. The molecule has 0 radical (unpaired) electrons. The summed E-state index contributed by atoms with van der Waals surface area (Å²) in [5.74, 6) is 0.366. The van der Waals surface area contributed by atoms with E-state index in [-0.39, 0.29) is 18.3 Å². The van der Waals surface area contributed by atoms with Gasteiger partial charge in [-0.05, 0) is 44.0 Å². The average Bonchev–Trinajstić information content (AvgIpc) is 2.84. The molecule has 0 N–H and O–H groups in total. The molecule has 0 bridgehead atoms. The number of esters is 1. The number of aromatic nitrogens is 2. The maximum Gasteiger partial charge on any atom is 0.315 e. The van der Waals surface area contributed by atoms with Gasteiger partial charge in [0, 0.05) is 10.0 Å². The molecule has 0 fully saturated rings. The minimum Gasteiger partial charge on any atom is -0.466 e. The molecule has 106 valence electrons. The van der Waals surface area contributed by atoms with Gasteiger partial charge in [-0.3, -0.25) is 4.79 Å². The van der Waals surface area contributed by atoms with Gasteiger partial charge in [-0.25, -0.2) is 0 Å². The number of carbonyl (C=O) groups is 1. The Labute approximate surface area is 125 Å². The van der Waals surface area contributed by atoms with Crippen LogP contribution in [0.5, 0.6) is 0 Å². The monoisotopic (exact) mass is 338 g/mol. The molecule has 0 spiro atoms. The molecule has 1 aromatic heterocycles. The summed E-state index contributed by atoms with van der Waals surface area (Å²) in [6.45, 7) is 6.09. The van der Waals surface area contributed by atoms with Gasteiger partial charge in [0.05, 0.1) is 6.61 Å². The van der Waals surface area contributed by atoms with E-state index < -0.39 is 0 Å². The molecular formula is C14H15BrN2O3. The fourth-order valence-electron chi connectivity index (χ4n) is 1.85. The lowest BCUT2D eigenvalue weighted by Crippen LogP contribution is -2.07. The molecular weight excluding hydrogens is 324 g/mol. The quantitative estimate of drug-likeness (QED) is 0.800. The molecule has 0 saturated carbocycles. The van der Waals surface area contributed by atoms with E-state index in [1.54, 1.807) is 6.92 Å². The lowest BCUT2D eigenvalue weighted by atomic mass is 10.1. The largest absolute Gasteiger partial charge is 0.466 e. The number of hydrogen-bond donors (Lipinski definition) is 0. The highest BCUT2D eigenvalue weighted by molar-refractivity contribution is 9.10. The van der Waals surface area contributed by atoms with Crippen molar-refractivity contribution < 1.29 is 14.1 Å². The number of benzene rings is 1. The molecule has 20 heavy (non-hydrogen) atoms. The van der Waals surface area contributed by atoms with E-state index in [0.717, 1.165) is 21.2 Å². The number of carbonyl (C=O) groups excluding carboxylic acids is 1. The van der Waals surface area contributed by atoms with Crippen LogP contribution in [0, 0.1) is 13.8 Å². The first kappa shape index (κ1) is 14.7. The second kappa shape index (κ2) is 6.17. The lowest BCUT2D eigenvalue weighted by Gasteiger charge is -2.04. The van der Waals surface area contributed by atoms with Gasteiger partial charge >= 0.3 is 5.97 Å². The van der Waals surface area contributed by atoms with E-state index in [4.69, 9.17) is 9.26 Å². The Bertz CT molecular complexity index is 614. The summed E-state index contributed by atoms with van der Waals surface area (Å²) in [6, 6.07) is 3.94. The van der Waals surface area contributed by atoms with Gasteiger partial charge in [-0.15, -0.1) is 0 Å². The molecule has 0 atom stereocenters. The van der Waals surface area contributed by atoms with Crippen molar-refractivity contribution in [3.05, 3.63) is 33.6 Å². The Morgan fingerprint density at radius 1 is 1.35 bits per heavy atom. The second-order valence-electron chi connectivity index (χ2n) is 4.42. The molecule has 6 heteroatoms. The number of ether oxygens (including phenoxy) is 1. The third kappa shape index (κ3) is 3.25. The summed E-state index contributed by atoms with van der Waals surface area (Å²) in [6.07, 6.45) is -0.00463. The highest BCUT2D eigenvalue weighted by Crippen LogP contribution is 2.27. The highest BCUT2D eigenvalue weighted by atomic mass is 79.9. The Morgan fingerprint density at radius 2 is 2.00 bits per heavy atom. The van der Waals surface area contributed by atoms with Gasteiger partial charge in [0.15, 0.2) is 0 Å². The van der Waals surface area contributed by atoms with E-state index in [1.165, 1.54) is 0 Å². The summed E-state index contributed by atoms with van der Waals surface area (Å²) in [4.78, 5) is 15.6. The Balaban J connectivity index is 2.22. The first-order chi connectivity index (χ1) is 9.51. The zero-order valence-electron chi connectivity index (χ0n) is 11.6. The fraction of sp³-hybridized carbons (Fsp3) is 0.357. The van der Waals surface area contributed by atoms with E-state index in [9.17, 15) is 4.79 Å². The predicted octanol–water partition coefficient (Wildman–Crippen LogP) is 3.22. The third-order valence-electron chi connectivity index (χ3n) is 2.76. The van der Waals surface area contributed by atoms with Crippen molar-refractivity contribution in [1.29, 1.82) is 0 Å². The van der Waals surface area contributed by atoms with E-state index >= 15 is 0 Å². The molecule has 0 saturated heterocycles. The number of aryl methyl sites for hydroxylation is 2. The van der Waals surface area contributed by atoms with E-state index in [0.29, 0.717) is 12.4 Å². The number of rotatable bonds is 4. The van der Waals surface area contributed by atoms with Crippen molar-refractivity contribution in [3.63, 3.8) is 0 Å². The van der Waals surface area contributed by atoms with Gasteiger partial charge in [0.25, 0.3) is 0 Å². The van der Waals surface area contributed by atoms with E-state index in [1.807, 2.05) is 26.0 Å². The van der Waals surface area contributed by atoms with Gasteiger partial charge in [0.1, 0.15) is 6.42 Å². The Hall–Kier alpha value is -1.69. The predicted molar refractivity (Wildman–Crippen MR) is 77.2 cm³/mol. The number of nitrogens with zero attached hydrogens (tertiary/aromatic N) is 2. The second-order valence-corrected chi connectivity index (χ2v) is 5.21. The van der Waals surface area contributed by atoms with Crippen LogP contribution in [0.1, 0.15) is 23.9 Å². The third-order valence-corrected chi connectivity index (χ3v) is 4.01. The van der Waals surface area contributed by atoms with Gasteiger partial charge in [-0.1, -0.05) is 21.1 Å². The summed E-state index contributed by atoms with van der Waals surface area (Å²) >= 11 is 3.52.